The lowest BCUT2D eigenvalue weighted by molar-refractivity contribution is 0.466. The minimum atomic E-state index is 0.464. The predicted octanol–water partition coefficient (Wildman–Crippen LogP) is 3.28. The molecule has 3 heterocycles. The summed E-state index contributed by atoms with van der Waals surface area (Å²) in [7, 11) is 0. The molecule has 0 saturated carbocycles. The van der Waals surface area contributed by atoms with E-state index < -0.39 is 0 Å². The normalized spacial score (nSPS) is 16.0. The van der Waals surface area contributed by atoms with Gasteiger partial charge in [-0.2, -0.15) is 0 Å². The fourth-order valence-electron chi connectivity index (χ4n) is 3.44. The number of halogens is 1. The molecule has 0 amide bonds. The maximum absolute atomic E-state index is 6.07. The summed E-state index contributed by atoms with van der Waals surface area (Å²) in [6.45, 7) is 4.95. The zero-order chi connectivity index (χ0) is 16.5. The molecule has 0 N–H and O–H groups in total. The van der Waals surface area contributed by atoms with Gasteiger partial charge in [0.1, 0.15) is 24.3 Å². The zero-order valence-electron chi connectivity index (χ0n) is 13.6. The smallest absolute Gasteiger partial charge is 0.139 e. The van der Waals surface area contributed by atoms with Crippen LogP contribution in [0.5, 0.6) is 0 Å². The number of nitrogens with zero attached hydrogens (tertiary/aromatic N) is 6. The van der Waals surface area contributed by atoms with Gasteiger partial charge in [-0.15, -0.1) is 10.2 Å². The molecule has 0 atom stereocenters. The number of rotatable bonds is 3. The molecule has 0 spiro atoms. The monoisotopic (exact) mass is 342 g/mol. The Labute approximate surface area is 145 Å². The molecule has 1 fully saturated rings. The maximum atomic E-state index is 6.07. The molecule has 3 aromatic rings. The van der Waals surface area contributed by atoms with Gasteiger partial charge in [0.05, 0.1) is 5.52 Å². The van der Waals surface area contributed by atoms with E-state index in [0.29, 0.717) is 10.9 Å². The summed E-state index contributed by atoms with van der Waals surface area (Å²) in [6, 6.07) is 5.79. The van der Waals surface area contributed by atoms with E-state index in [1.165, 1.54) is 0 Å². The number of hydrogen-bond acceptors (Lipinski definition) is 5. The van der Waals surface area contributed by atoms with Crippen LogP contribution in [-0.2, 0) is 6.54 Å². The lowest BCUT2D eigenvalue weighted by Crippen LogP contribution is -2.34. The summed E-state index contributed by atoms with van der Waals surface area (Å²) in [6.07, 6.45) is 5.55. The Kier molecular flexibility index (Phi) is 4.06. The van der Waals surface area contributed by atoms with Gasteiger partial charge in [0.2, 0.25) is 0 Å². The first-order chi connectivity index (χ1) is 11.8. The van der Waals surface area contributed by atoms with Gasteiger partial charge in [0.15, 0.2) is 0 Å². The number of aromatic nitrogens is 5. The molecule has 24 heavy (non-hydrogen) atoms. The van der Waals surface area contributed by atoms with Gasteiger partial charge in [-0.05, 0) is 38.0 Å². The van der Waals surface area contributed by atoms with E-state index in [-0.39, 0.29) is 0 Å². The molecule has 0 unspecified atom stereocenters. The summed E-state index contributed by atoms with van der Waals surface area (Å²) in [5.74, 6) is 2.56. The summed E-state index contributed by atoms with van der Waals surface area (Å²) in [5.41, 5.74) is 0.889. The number of anilines is 1. The minimum absolute atomic E-state index is 0.464. The van der Waals surface area contributed by atoms with Crippen LogP contribution in [0, 0.1) is 0 Å². The molecule has 1 aliphatic heterocycles. The Bertz CT molecular complexity index is 853. The first kappa shape index (κ1) is 15.3. The molecule has 0 aliphatic carbocycles. The van der Waals surface area contributed by atoms with Crippen LogP contribution < -0.4 is 4.90 Å². The van der Waals surface area contributed by atoms with E-state index in [9.17, 15) is 0 Å². The molecule has 1 aliphatic rings. The average Bonchev–Trinajstić information content (AvgIpc) is 3.10. The van der Waals surface area contributed by atoms with Crippen LogP contribution in [0.15, 0.2) is 30.9 Å². The van der Waals surface area contributed by atoms with Crippen molar-refractivity contribution in [3.05, 3.63) is 41.7 Å². The van der Waals surface area contributed by atoms with E-state index >= 15 is 0 Å². The highest BCUT2D eigenvalue weighted by molar-refractivity contribution is 6.31. The molecular weight excluding hydrogens is 324 g/mol. The van der Waals surface area contributed by atoms with Gasteiger partial charge in [-0.3, -0.25) is 0 Å². The fourth-order valence-corrected chi connectivity index (χ4v) is 3.61. The Morgan fingerprint density at radius 3 is 2.83 bits per heavy atom. The molecule has 7 heteroatoms. The van der Waals surface area contributed by atoms with E-state index in [1.54, 1.807) is 6.33 Å². The predicted molar refractivity (Wildman–Crippen MR) is 94.4 cm³/mol. The Balaban J connectivity index is 1.56. The van der Waals surface area contributed by atoms with Crippen molar-refractivity contribution in [1.82, 2.24) is 24.7 Å². The molecule has 1 aromatic carbocycles. The summed E-state index contributed by atoms with van der Waals surface area (Å²) < 4.78 is 2.14. The standard InChI is InChI=1S/C17H19ClN6/c1-2-23-11-21-22-16(23)12-5-7-24(8-6-12)17-14-4-3-13(18)9-15(14)19-10-20-17/h3-4,9-12H,2,5-8H2,1H3. The fraction of sp³-hybridized carbons (Fsp3) is 0.412. The maximum Gasteiger partial charge on any atom is 0.139 e. The van der Waals surface area contributed by atoms with Crippen LogP contribution in [0.3, 0.4) is 0 Å². The third-order valence-corrected chi connectivity index (χ3v) is 4.96. The first-order valence-corrected chi connectivity index (χ1v) is 8.67. The van der Waals surface area contributed by atoms with Gasteiger partial charge < -0.3 is 9.47 Å². The Morgan fingerprint density at radius 2 is 2.04 bits per heavy atom. The van der Waals surface area contributed by atoms with E-state index in [4.69, 9.17) is 11.6 Å². The van der Waals surface area contributed by atoms with Crippen molar-refractivity contribution >= 4 is 28.3 Å². The first-order valence-electron chi connectivity index (χ1n) is 8.29. The molecule has 0 bridgehead atoms. The van der Waals surface area contributed by atoms with Crippen molar-refractivity contribution in [3.63, 3.8) is 0 Å². The number of hydrogen-bond donors (Lipinski definition) is 0. The molecule has 6 nitrogen and oxygen atoms in total. The second-order valence-electron chi connectivity index (χ2n) is 6.10. The Hall–Kier alpha value is -2.21. The molecule has 0 radical (unpaired) electrons. The number of benzene rings is 1. The third kappa shape index (κ3) is 2.71. The van der Waals surface area contributed by atoms with Crippen molar-refractivity contribution < 1.29 is 0 Å². The lowest BCUT2D eigenvalue weighted by atomic mass is 9.95. The summed E-state index contributed by atoms with van der Waals surface area (Å²) >= 11 is 6.07. The third-order valence-electron chi connectivity index (χ3n) is 4.72. The van der Waals surface area contributed by atoms with Crippen molar-refractivity contribution in [1.29, 1.82) is 0 Å². The molecule has 1 saturated heterocycles. The second kappa shape index (κ2) is 6.36. The largest absolute Gasteiger partial charge is 0.356 e. The highest BCUT2D eigenvalue weighted by Gasteiger charge is 2.25. The van der Waals surface area contributed by atoms with Crippen LogP contribution >= 0.6 is 11.6 Å². The highest BCUT2D eigenvalue weighted by Crippen LogP contribution is 2.32. The van der Waals surface area contributed by atoms with Crippen molar-refractivity contribution in [2.24, 2.45) is 0 Å². The quantitative estimate of drug-likeness (QED) is 0.731. The highest BCUT2D eigenvalue weighted by atomic mass is 35.5. The van der Waals surface area contributed by atoms with E-state index in [1.807, 2.05) is 24.5 Å². The van der Waals surface area contributed by atoms with Crippen molar-refractivity contribution in [2.75, 3.05) is 18.0 Å². The zero-order valence-corrected chi connectivity index (χ0v) is 14.3. The van der Waals surface area contributed by atoms with Gasteiger partial charge in [0.25, 0.3) is 0 Å². The Morgan fingerprint density at radius 1 is 1.21 bits per heavy atom. The molecular formula is C17H19ClN6. The van der Waals surface area contributed by atoms with Crippen LogP contribution in [0.1, 0.15) is 31.5 Å². The van der Waals surface area contributed by atoms with Crippen molar-refractivity contribution in [2.45, 2.75) is 32.2 Å². The summed E-state index contributed by atoms with van der Waals surface area (Å²) in [4.78, 5) is 11.2. The van der Waals surface area contributed by atoms with Gasteiger partial charge in [-0.1, -0.05) is 11.6 Å². The molecule has 4 rings (SSSR count). The second-order valence-corrected chi connectivity index (χ2v) is 6.53. The van der Waals surface area contributed by atoms with Crippen LogP contribution in [0.2, 0.25) is 5.02 Å². The number of piperidine rings is 1. The minimum Gasteiger partial charge on any atom is -0.356 e. The van der Waals surface area contributed by atoms with Crippen molar-refractivity contribution in [3.8, 4) is 0 Å². The SMILES string of the molecule is CCn1cnnc1C1CCN(c2ncnc3cc(Cl)ccc23)CC1. The van der Waals surface area contributed by atoms with Crippen LogP contribution in [0.25, 0.3) is 10.9 Å². The number of fused-ring (bicyclic) bond motifs is 1. The number of aryl methyl sites for hydroxylation is 1. The van der Waals surface area contributed by atoms with Gasteiger partial charge in [-0.25, -0.2) is 9.97 Å². The topological polar surface area (TPSA) is 59.7 Å². The van der Waals surface area contributed by atoms with Crippen LogP contribution in [-0.4, -0.2) is 37.8 Å². The molecule has 2 aromatic heterocycles. The van der Waals surface area contributed by atoms with Crippen LogP contribution in [0.4, 0.5) is 5.82 Å². The van der Waals surface area contributed by atoms with E-state index in [0.717, 1.165) is 55.0 Å². The summed E-state index contributed by atoms with van der Waals surface area (Å²) in [5, 5.41) is 10.1. The van der Waals surface area contributed by atoms with E-state index in [2.05, 4.69) is 36.6 Å². The van der Waals surface area contributed by atoms with Gasteiger partial charge >= 0.3 is 0 Å². The van der Waals surface area contributed by atoms with Gasteiger partial charge in [0, 0.05) is 36.0 Å². The lowest BCUT2D eigenvalue weighted by Gasteiger charge is -2.32. The average molecular weight is 343 g/mol. The molecule has 124 valence electrons.